The summed E-state index contributed by atoms with van der Waals surface area (Å²) >= 11 is 1.80. The van der Waals surface area contributed by atoms with E-state index < -0.39 is 0 Å². The van der Waals surface area contributed by atoms with Gasteiger partial charge < -0.3 is 10.4 Å². The van der Waals surface area contributed by atoms with Crippen LogP contribution in [0.1, 0.15) is 18.9 Å². The molecule has 15 heavy (non-hydrogen) atoms. The Kier molecular flexibility index (Phi) is 5.76. The first-order valence-corrected chi connectivity index (χ1v) is 6.25. The first kappa shape index (κ1) is 12.6. The van der Waals surface area contributed by atoms with Crippen molar-refractivity contribution in [2.75, 3.05) is 12.8 Å². The van der Waals surface area contributed by atoms with Crippen molar-refractivity contribution < 1.29 is 5.11 Å². The first-order valence-electron chi connectivity index (χ1n) is 5.27. The molecule has 1 aromatic rings. The van der Waals surface area contributed by atoms with Gasteiger partial charge in [-0.3, -0.25) is 0 Å². The maximum Gasteiger partial charge on any atom is 0.0520 e. The molecular formula is C12H19NOS. The Balaban J connectivity index is 2.43. The molecule has 0 radical (unpaired) electrons. The van der Waals surface area contributed by atoms with E-state index in [9.17, 15) is 0 Å². The van der Waals surface area contributed by atoms with Gasteiger partial charge in [0, 0.05) is 17.2 Å². The number of thioether (sulfide) groups is 1. The molecule has 0 spiro atoms. The predicted molar refractivity (Wildman–Crippen MR) is 66.2 cm³/mol. The summed E-state index contributed by atoms with van der Waals surface area (Å²) in [6.45, 7) is 2.74. The summed E-state index contributed by atoms with van der Waals surface area (Å²) in [6, 6.07) is 8.52. The van der Waals surface area contributed by atoms with Gasteiger partial charge in [0.25, 0.3) is 0 Å². The van der Waals surface area contributed by atoms with Gasteiger partial charge >= 0.3 is 0 Å². The maximum absolute atomic E-state index is 9.15. The van der Waals surface area contributed by atoms with Crippen molar-refractivity contribution in [3.8, 4) is 0 Å². The number of hydrogen-bond donors (Lipinski definition) is 2. The minimum absolute atomic E-state index is 0.196. The molecule has 0 saturated heterocycles. The lowest BCUT2D eigenvalue weighted by Crippen LogP contribution is -2.04. The Hall–Kier alpha value is -0.510. The number of benzene rings is 1. The minimum Gasteiger partial charge on any atom is -0.393 e. The van der Waals surface area contributed by atoms with Crippen LogP contribution in [0.2, 0.25) is 0 Å². The third-order valence-electron chi connectivity index (χ3n) is 2.08. The zero-order valence-corrected chi connectivity index (χ0v) is 10.2. The van der Waals surface area contributed by atoms with E-state index in [4.69, 9.17) is 5.11 Å². The second-order valence-corrected chi connectivity index (χ2v) is 4.83. The van der Waals surface area contributed by atoms with Crippen molar-refractivity contribution in [1.82, 2.24) is 5.32 Å². The average molecular weight is 225 g/mol. The second kappa shape index (κ2) is 6.88. The third-order valence-corrected chi connectivity index (χ3v) is 3.11. The van der Waals surface area contributed by atoms with E-state index >= 15 is 0 Å². The van der Waals surface area contributed by atoms with Gasteiger partial charge in [0.2, 0.25) is 0 Å². The number of rotatable bonds is 6. The van der Waals surface area contributed by atoms with Gasteiger partial charge in [-0.25, -0.2) is 0 Å². The molecule has 0 saturated carbocycles. The summed E-state index contributed by atoms with van der Waals surface area (Å²) in [5, 5.41) is 12.3. The van der Waals surface area contributed by atoms with Gasteiger partial charge in [-0.05, 0) is 38.1 Å². The van der Waals surface area contributed by atoms with E-state index in [0.29, 0.717) is 0 Å². The van der Waals surface area contributed by atoms with Crippen LogP contribution < -0.4 is 5.32 Å². The molecule has 0 aliphatic rings. The molecule has 0 aliphatic carbocycles. The first-order chi connectivity index (χ1) is 7.22. The molecule has 3 heteroatoms. The maximum atomic E-state index is 9.15. The standard InChI is InChI=1S/C12H19NOS/c1-10(14)6-7-15-12-5-3-4-11(8-12)9-13-2/h3-5,8,10,13-14H,6-7,9H2,1-2H3. The quantitative estimate of drug-likeness (QED) is 0.728. The fourth-order valence-corrected chi connectivity index (χ4v) is 2.40. The fourth-order valence-electron chi connectivity index (χ4n) is 1.30. The Labute approximate surface area is 96.1 Å². The summed E-state index contributed by atoms with van der Waals surface area (Å²) < 4.78 is 0. The number of aliphatic hydroxyl groups excluding tert-OH is 1. The molecular weight excluding hydrogens is 206 g/mol. The molecule has 0 bridgehead atoms. The number of aliphatic hydroxyl groups is 1. The van der Waals surface area contributed by atoms with Gasteiger partial charge in [-0.2, -0.15) is 0 Å². The highest BCUT2D eigenvalue weighted by molar-refractivity contribution is 7.99. The molecule has 0 aliphatic heterocycles. The van der Waals surface area contributed by atoms with E-state index in [2.05, 4.69) is 29.6 Å². The van der Waals surface area contributed by atoms with Crippen LogP contribution in [0, 0.1) is 0 Å². The van der Waals surface area contributed by atoms with Gasteiger partial charge in [0.1, 0.15) is 0 Å². The fraction of sp³-hybridized carbons (Fsp3) is 0.500. The Bertz CT molecular complexity index is 289. The van der Waals surface area contributed by atoms with Crippen molar-refractivity contribution in [3.63, 3.8) is 0 Å². The monoisotopic (exact) mass is 225 g/mol. The van der Waals surface area contributed by atoms with E-state index in [1.807, 2.05) is 14.0 Å². The molecule has 0 aromatic heterocycles. The zero-order valence-electron chi connectivity index (χ0n) is 9.36. The Morgan fingerprint density at radius 1 is 1.47 bits per heavy atom. The highest BCUT2D eigenvalue weighted by atomic mass is 32.2. The lowest BCUT2D eigenvalue weighted by atomic mass is 10.2. The van der Waals surface area contributed by atoms with Gasteiger partial charge in [0.05, 0.1) is 6.10 Å². The Morgan fingerprint density at radius 3 is 2.93 bits per heavy atom. The SMILES string of the molecule is CNCc1cccc(SCCC(C)O)c1. The van der Waals surface area contributed by atoms with E-state index in [0.717, 1.165) is 18.7 Å². The predicted octanol–water partition coefficient (Wildman–Crippen LogP) is 2.27. The van der Waals surface area contributed by atoms with Crippen molar-refractivity contribution >= 4 is 11.8 Å². The number of hydrogen-bond acceptors (Lipinski definition) is 3. The van der Waals surface area contributed by atoms with Crippen LogP contribution >= 0.6 is 11.8 Å². The van der Waals surface area contributed by atoms with E-state index in [-0.39, 0.29) is 6.10 Å². The van der Waals surface area contributed by atoms with Crippen LogP contribution in [0.15, 0.2) is 29.2 Å². The molecule has 1 rings (SSSR count). The molecule has 0 heterocycles. The zero-order chi connectivity index (χ0) is 11.1. The topological polar surface area (TPSA) is 32.3 Å². The summed E-state index contributed by atoms with van der Waals surface area (Å²) in [7, 11) is 1.95. The minimum atomic E-state index is -0.196. The molecule has 84 valence electrons. The van der Waals surface area contributed by atoms with Crippen LogP contribution in [0.3, 0.4) is 0 Å². The molecule has 0 fully saturated rings. The van der Waals surface area contributed by atoms with Crippen LogP contribution in [0.25, 0.3) is 0 Å². The van der Waals surface area contributed by atoms with Crippen LogP contribution in [-0.2, 0) is 6.54 Å². The normalized spacial score (nSPS) is 12.7. The molecule has 1 unspecified atom stereocenters. The smallest absolute Gasteiger partial charge is 0.0520 e. The molecule has 0 amide bonds. The van der Waals surface area contributed by atoms with Crippen molar-refractivity contribution in [2.24, 2.45) is 0 Å². The summed E-state index contributed by atoms with van der Waals surface area (Å²) in [5.41, 5.74) is 1.31. The lowest BCUT2D eigenvalue weighted by Gasteiger charge is -2.06. The highest BCUT2D eigenvalue weighted by Gasteiger charge is 1.99. The largest absolute Gasteiger partial charge is 0.393 e. The highest BCUT2D eigenvalue weighted by Crippen LogP contribution is 2.20. The average Bonchev–Trinajstić information content (AvgIpc) is 2.18. The van der Waals surface area contributed by atoms with Crippen LogP contribution in [-0.4, -0.2) is 24.0 Å². The van der Waals surface area contributed by atoms with Gasteiger partial charge in [0.15, 0.2) is 0 Å². The van der Waals surface area contributed by atoms with Crippen LogP contribution in [0.4, 0.5) is 0 Å². The Morgan fingerprint density at radius 2 is 2.27 bits per heavy atom. The molecule has 1 aromatic carbocycles. The van der Waals surface area contributed by atoms with Crippen molar-refractivity contribution in [1.29, 1.82) is 0 Å². The summed E-state index contributed by atoms with van der Waals surface area (Å²) in [6.07, 6.45) is 0.652. The lowest BCUT2D eigenvalue weighted by molar-refractivity contribution is 0.192. The number of nitrogens with one attached hydrogen (secondary N) is 1. The van der Waals surface area contributed by atoms with E-state index in [1.165, 1.54) is 10.5 Å². The van der Waals surface area contributed by atoms with Gasteiger partial charge in [-0.1, -0.05) is 12.1 Å². The third kappa shape index (κ3) is 5.21. The van der Waals surface area contributed by atoms with E-state index in [1.54, 1.807) is 11.8 Å². The van der Waals surface area contributed by atoms with Crippen molar-refractivity contribution in [3.05, 3.63) is 29.8 Å². The summed E-state index contributed by atoms with van der Waals surface area (Å²) in [5.74, 6) is 0.973. The second-order valence-electron chi connectivity index (χ2n) is 3.66. The molecule has 1 atom stereocenters. The summed E-state index contributed by atoms with van der Waals surface area (Å²) in [4.78, 5) is 1.28. The molecule has 2 nitrogen and oxygen atoms in total. The van der Waals surface area contributed by atoms with Crippen LogP contribution in [0.5, 0.6) is 0 Å². The van der Waals surface area contributed by atoms with Gasteiger partial charge in [-0.15, -0.1) is 11.8 Å². The van der Waals surface area contributed by atoms with Crippen molar-refractivity contribution in [2.45, 2.75) is 30.9 Å². The molecule has 2 N–H and O–H groups in total.